The van der Waals surface area contributed by atoms with Crippen LogP contribution >= 0.6 is 0 Å². The molecular formula is C16H21N5O3S. The molecule has 2 heterocycles. The molecule has 0 saturated carbocycles. The minimum Gasteiger partial charge on any atom is -0.352 e. The van der Waals surface area contributed by atoms with Crippen LogP contribution in [0, 0.1) is 12.8 Å². The first-order valence-electron chi connectivity index (χ1n) is 8.23. The van der Waals surface area contributed by atoms with Crippen LogP contribution in [0.2, 0.25) is 0 Å². The van der Waals surface area contributed by atoms with E-state index in [4.69, 9.17) is 0 Å². The van der Waals surface area contributed by atoms with Crippen LogP contribution in [0.5, 0.6) is 0 Å². The Balaban J connectivity index is 1.52. The maximum absolute atomic E-state index is 12.2. The van der Waals surface area contributed by atoms with Crippen molar-refractivity contribution in [3.05, 3.63) is 41.2 Å². The van der Waals surface area contributed by atoms with Gasteiger partial charge in [0.2, 0.25) is 0 Å². The summed E-state index contributed by atoms with van der Waals surface area (Å²) in [6, 6.07) is 7.30. The Labute approximate surface area is 146 Å². The van der Waals surface area contributed by atoms with Gasteiger partial charge in [-0.1, -0.05) is 12.1 Å². The third kappa shape index (κ3) is 4.62. The third-order valence-corrected chi connectivity index (χ3v) is 6.20. The zero-order valence-electron chi connectivity index (χ0n) is 14.1. The maximum atomic E-state index is 12.2. The normalized spacial score (nSPS) is 17.3. The number of aryl methyl sites for hydroxylation is 1. The standard InChI is InChI=1S/C16H21N5O3S/c1-12-18-19-20-21(12)11-14-2-4-15(5-3-14)16(22)17-10-13-6-8-25(23,24)9-7-13/h2-5,13H,6-11H2,1H3,(H,17,22). The highest BCUT2D eigenvalue weighted by atomic mass is 32.2. The van der Waals surface area contributed by atoms with Crippen molar-refractivity contribution in [3.63, 3.8) is 0 Å². The molecule has 0 spiro atoms. The highest BCUT2D eigenvalue weighted by molar-refractivity contribution is 7.91. The van der Waals surface area contributed by atoms with Gasteiger partial charge in [0.15, 0.2) is 0 Å². The number of aromatic nitrogens is 4. The predicted octanol–water partition coefficient (Wildman–Crippen LogP) is 0.584. The summed E-state index contributed by atoms with van der Waals surface area (Å²) >= 11 is 0. The van der Waals surface area contributed by atoms with Crippen LogP contribution in [-0.2, 0) is 16.4 Å². The second-order valence-corrected chi connectivity index (χ2v) is 8.69. The molecule has 0 bridgehead atoms. The molecule has 1 N–H and O–H groups in total. The fraction of sp³-hybridized carbons (Fsp3) is 0.500. The van der Waals surface area contributed by atoms with Crippen LogP contribution in [0.4, 0.5) is 0 Å². The first kappa shape index (κ1) is 17.5. The quantitative estimate of drug-likeness (QED) is 0.833. The number of benzene rings is 1. The van der Waals surface area contributed by atoms with Gasteiger partial charge >= 0.3 is 0 Å². The first-order chi connectivity index (χ1) is 11.9. The molecular weight excluding hydrogens is 342 g/mol. The van der Waals surface area contributed by atoms with Crippen molar-refractivity contribution in [1.29, 1.82) is 0 Å². The van der Waals surface area contributed by atoms with Gasteiger partial charge in [0, 0.05) is 12.1 Å². The Morgan fingerprint density at radius 3 is 2.52 bits per heavy atom. The number of hydrogen-bond donors (Lipinski definition) is 1. The molecule has 1 aliphatic heterocycles. The van der Waals surface area contributed by atoms with E-state index in [0.29, 0.717) is 31.5 Å². The van der Waals surface area contributed by atoms with Crippen LogP contribution in [0.3, 0.4) is 0 Å². The zero-order chi connectivity index (χ0) is 17.9. The summed E-state index contributed by atoms with van der Waals surface area (Å²) in [6.45, 7) is 2.90. The predicted molar refractivity (Wildman–Crippen MR) is 91.8 cm³/mol. The molecule has 8 nitrogen and oxygen atoms in total. The second-order valence-electron chi connectivity index (χ2n) is 6.39. The summed E-state index contributed by atoms with van der Waals surface area (Å²) in [4.78, 5) is 12.2. The van der Waals surface area contributed by atoms with E-state index in [0.717, 1.165) is 11.4 Å². The van der Waals surface area contributed by atoms with E-state index in [2.05, 4.69) is 20.8 Å². The number of carbonyl (C=O) groups excluding carboxylic acids is 1. The van der Waals surface area contributed by atoms with Gasteiger partial charge in [-0.05, 0) is 53.8 Å². The Bertz CT molecular complexity index is 831. The molecule has 25 heavy (non-hydrogen) atoms. The molecule has 1 aromatic heterocycles. The van der Waals surface area contributed by atoms with Crippen LogP contribution in [0.1, 0.15) is 34.6 Å². The van der Waals surface area contributed by atoms with Crippen LogP contribution < -0.4 is 5.32 Å². The van der Waals surface area contributed by atoms with E-state index in [1.807, 2.05) is 19.1 Å². The number of sulfone groups is 1. The molecule has 1 fully saturated rings. The SMILES string of the molecule is Cc1nnnn1Cc1ccc(C(=O)NCC2CCS(=O)(=O)CC2)cc1. The number of tetrazole rings is 1. The Morgan fingerprint density at radius 2 is 1.92 bits per heavy atom. The zero-order valence-corrected chi connectivity index (χ0v) is 14.9. The lowest BCUT2D eigenvalue weighted by Gasteiger charge is -2.22. The molecule has 0 atom stereocenters. The smallest absolute Gasteiger partial charge is 0.251 e. The molecule has 2 aromatic rings. The fourth-order valence-corrected chi connectivity index (χ4v) is 4.40. The summed E-state index contributed by atoms with van der Waals surface area (Å²) in [7, 11) is -2.86. The maximum Gasteiger partial charge on any atom is 0.251 e. The number of rotatable bonds is 5. The minimum atomic E-state index is -2.86. The molecule has 0 unspecified atom stereocenters. The largest absolute Gasteiger partial charge is 0.352 e. The molecule has 0 radical (unpaired) electrons. The Morgan fingerprint density at radius 1 is 1.24 bits per heavy atom. The van der Waals surface area contributed by atoms with Crippen molar-refractivity contribution in [1.82, 2.24) is 25.5 Å². The van der Waals surface area contributed by atoms with Crippen molar-refractivity contribution in [3.8, 4) is 0 Å². The number of hydrogen-bond acceptors (Lipinski definition) is 6. The van der Waals surface area contributed by atoms with Gasteiger partial charge in [-0.2, -0.15) is 0 Å². The Hall–Kier alpha value is -2.29. The van der Waals surface area contributed by atoms with E-state index in [1.54, 1.807) is 16.8 Å². The van der Waals surface area contributed by atoms with E-state index in [-0.39, 0.29) is 23.3 Å². The topological polar surface area (TPSA) is 107 Å². The molecule has 0 aliphatic carbocycles. The summed E-state index contributed by atoms with van der Waals surface area (Å²) < 4.78 is 24.5. The van der Waals surface area contributed by atoms with E-state index < -0.39 is 9.84 Å². The monoisotopic (exact) mass is 363 g/mol. The molecule has 134 valence electrons. The van der Waals surface area contributed by atoms with Crippen molar-refractivity contribution in [2.75, 3.05) is 18.1 Å². The van der Waals surface area contributed by atoms with Crippen molar-refractivity contribution in [2.24, 2.45) is 5.92 Å². The summed E-state index contributed by atoms with van der Waals surface area (Å²) in [5.41, 5.74) is 1.59. The molecule has 3 rings (SSSR count). The average Bonchev–Trinajstić information content (AvgIpc) is 2.99. The van der Waals surface area contributed by atoms with Gasteiger partial charge in [0.25, 0.3) is 5.91 Å². The van der Waals surface area contributed by atoms with Gasteiger partial charge in [-0.3, -0.25) is 4.79 Å². The lowest BCUT2D eigenvalue weighted by molar-refractivity contribution is 0.0946. The van der Waals surface area contributed by atoms with Crippen molar-refractivity contribution < 1.29 is 13.2 Å². The van der Waals surface area contributed by atoms with Gasteiger partial charge in [-0.25, -0.2) is 13.1 Å². The molecule has 1 amide bonds. The van der Waals surface area contributed by atoms with Crippen LogP contribution in [0.15, 0.2) is 24.3 Å². The van der Waals surface area contributed by atoms with Gasteiger partial charge < -0.3 is 5.32 Å². The third-order valence-electron chi connectivity index (χ3n) is 4.48. The molecule has 9 heteroatoms. The highest BCUT2D eigenvalue weighted by Gasteiger charge is 2.23. The van der Waals surface area contributed by atoms with E-state index >= 15 is 0 Å². The second kappa shape index (κ2) is 7.30. The minimum absolute atomic E-state index is 0.140. The Kier molecular flexibility index (Phi) is 5.12. The van der Waals surface area contributed by atoms with Gasteiger partial charge in [0.05, 0.1) is 18.1 Å². The first-order valence-corrected chi connectivity index (χ1v) is 10.1. The summed E-state index contributed by atoms with van der Waals surface area (Å²) in [6.07, 6.45) is 1.24. The fourth-order valence-electron chi connectivity index (χ4n) is 2.81. The molecule has 1 aliphatic rings. The number of amides is 1. The number of carbonyl (C=O) groups is 1. The summed E-state index contributed by atoms with van der Waals surface area (Å²) in [5, 5.41) is 14.2. The van der Waals surface area contributed by atoms with Gasteiger partial charge in [0.1, 0.15) is 15.7 Å². The molecule has 1 saturated heterocycles. The van der Waals surface area contributed by atoms with Gasteiger partial charge in [-0.15, -0.1) is 5.10 Å². The van der Waals surface area contributed by atoms with Crippen molar-refractivity contribution in [2.45, 2.75) is 26.3 Å². The lowest BCUT2D eigenvalue weighted by Crippen LogP contribution is -2.34. The van der Waals surface area contributed by atoms with Crippen molar-refractivity contribution >= 4 is 15.7 Å². The summed E-state index contributed by atoms with van der Waals surface area (Å²) in [5.74, 6) is 1.27. The number of nitrogens with one attached hydrogen (secondary N) is 1. The van der Waals surface area contributed by atoms with Crippen LogP contribution in [-0.4, -0.2) is 52.6 Å². The van der Waals surface area contributed by atoms with E-state index in [9.17, 15) is 13.2 Å². The molecule has 1 aromatic carbocycles. The highest BCUT2D eigenvalue weighted by Crippen LogP contribution is 2.18. The van der Waals surface area contributed by atoms with Crippen LogP contribution in [0.25, 0.3) is 0 Å². The van der Waals surface area contributed by atoms with E-state index in [1.165, 1.54) is 0 Å². The average molecular weight is 363 g/mol. The lowest BCUT2D eigenvalue weighted by atomic mass is 10.0. The number of nitrogens with zero attached hydrogens (tertiary/aromatic N) is 4.